The van der Waals surface area contributed by atoms with Gasteiger partial charge in [0.25, 0.3) is 0 Å². The fourth-order valence-corrected chi connectivity index (χ4v) is 1.82. The standard InChI is InChI=1S/C11H14BrNO2/c1-8(15)13-11(2,7-14)9-4-3-5-10(12)6-9/h3-6,14H,7H2,1-2H3,(H,13,15). The molecular formula is C11H14BrNO2. The second kappa shape index (κ2) is 4.77. The number of carbonyl (C=O) groups excluding carboxylic acids is 1. The van der Waals surface area contributed by atoms with Crippen molar-refractivity contribution in [3.63, 3.8) is 0 Å². The number of nitrogens with one attached hydrogen (secondary N) is 1. The Balaban J connectivity index is 3.05. The van der Waals surface area contributed by atoms with E-state index in [1.165, 1.54) is 6.92 Å². The first kappa shape index (κ1) is 12.2. The number of aliphatic hydroxyl groups is 1. The Morgan fingerprint density at radius 3 is 2.73 bits per heavy atom. The first-order valence-electron chi connectivity index (χ1n) is 4.63. The van der Waals surface area contributed by atoms with Crippen LogP contribution in [0.2, 0.25) is 0 Å². The van der Waals surface area contributed by atoms with E-state index in [0.29, 0.717) is 0 Å². The maximum Gasteiger partial charge on any atom is 0.217 e. The maximum absolute atomic E-state index is 11.0. The predicted molar refractivity (Wildman–Crippen MR) is 62.4 cm³/mol. The molecule has 0 bridgehead atoms. The van der Waals surface area contributed by atoms with Gasteiger partial charge in [-0.2, -0.15) is 0 Å². The molecule has 0 heterocycles. The smallest absolute Gasteiger partial charge is 0.217 e. The van der Waals surface area contributed by atoms with Crippen LogP contribution in [-0.2, 0) is 10.3 Å². The van der Waals surface area contributed by atoms with Crippen molar-refractivity contribution < 1.29 is 9.90 Å². The minimum Gasteiger partial charge on any atom is -0.394 e. The van der Waals surface area contributed by atoms with Gasteiger partial charge in [0.05, 0.1) is 12.1 Å². The van der Waals surface area contributed by atoms with Crippen molar-refractivity contribution >= 4 is 21.8 Å². The van der Waals surface area contributed by atoms with Gasteiger partial charge in [0.1, 0.15) is 0 Å². The van der Waals surface area contributed by atoms with Crippen molar-refractivity contribution in [3.8, 4) is 0 Å². The van der Waals surface area contributed by atoms with Gasteiger partial charge in [-0.3, -0.25) is 4.79 Å². The summed E-state index contributed by atoms with van der Waals surface area (Å²) < 4.78 is 0.921. The van der Waals surface area contributed by atoms with Crippen molar-refractivity contribution in [2.45, 2.75) is 19.4 Å². The van der Waals surface area contributed by atoms with Crippen LogP contribution in [0.4, 0.5) is 0 Å². The van der Waals surface area contributed by atoms with Crippen LogP contribution in [0.3, 0.4) is 0 Å². The summed E-state index contributed by atoms with van der Waals surface area (Å²) in [5.74, 6) is -0.161. The highest BCUT2D eigenvalue weighted by molar-refractivity contribution is 9.10. The van der Waals surface area contributed by atoms with E-state index in [1.54, 1.807) is 6.92 Å². The minimum absolute atomic E-state index is 0.136. The molecule has 0 aliphatic carbocycles. The van der Waals surface area contributed by atoms with E-state index in [0.717, 1.165) is 10.0 Å². The summed E-state index contributed by atoms with van der Waals surface area (Å²) in [6, 6.07) is 7.52. The van der Waals surface area contributed by atoms with Crippen LogP contribution in [0.1, 0.15) is 19.4 Å². The molecule has 0 aliphatic heterocycles. The van der Waals surface area contributed by atoms with E-state index in [9.17, 15) is 9.90 Å². The summed E-state index contributed by atoms with van der Waals surface area (Å²) in [4.78, 5) is 11.0. The van der Waals surface area contributed by atoms with Crippen molar-refractivity contribution in [3.05, 3.63) is 34.3 Å². The molecule has 0 fully saturated rings. The first-order chi connectivity index (χ1) is 6.98. The SMILES string of the molecule is CC(=O)NC(C)(CO)c1cccc(Br)c1. The largest absolute Gasteiger partial charge is 0.394 e. The van der Waals surface area contributed by atoms with Crippen LogP contribution in [0.25, 0.3) is 0 Å². The van der Waals surface area contributed by atoms with Crippen molar-refractivity contribution in [1.82, 2.24) is 5.32 Å². The molecule has 15 heavy (non-hydrogen) atoms. The average Bonchev–Trinajstić information content (AvgIpc) is 2.16. The monoisotopic (exact) mass is 271 g/mol. The lowest BCUT2D eigenvalue weighted by Gasteiger charge is -2.28. The van der Waals surface area contributed by atoms with Crippen LogP contribution in [0.5, 0.6) is 0 Å². The van der Waals surface area contributed by atoms with Gasteiger partial charge in [0, 0.05) is 11.4 Å². The van der Waals surface area contributed by atoms with E-state index < -0.39 is 5.54 Å². The summed E-state index contributed by atoms with van der Waals surface area (Å²) in [6.07, 6.45) is 0. The van der Waals surface area contributed by atoms with Gasteiger partial charge in [-0.1, -0.05) is 28.1 Å². The third-order valence-corrected chi connectivity index (χ3v) is 2.72. The van der Waals surface area contributed by atoms with E-state index in [1.807, 2.05) is 24.3 Å². The summed E-state index contributed by atoms with van der Waals surface area (Å²) in [5, 5.41) is 12.1. The van der Waals surface area contributed by atoms with E-state index in [2.05, 4.69) is 21.2 Å². The summed E-state index contributed by atoms with van der Waals surface area (Å²) >= 11 is 3.36. The zero-order valence-electron chi connectivity index (χ0n) is 8.75. The zero-order chi connectivity index (χ0) is 11.5. The van der Waals surface area contributed by atoms with Gasteiger partial charge in [-0.25, -0.2) is 0 Å². The quantitative estimate of drug-likeness (QED) is 0.881. The topological polar surface area (TPSA) is 49.3 Å². The molecule has 1 atom stereocenters. The zero-order valence-corrected chi connectivity index (χ0v) is 10.3. The number of benzene rings is 1. The van der Waals surface area contributed by atoms with E-state index in [-0.39, 0.29) is 12.5 Å². The molecule has 0 saturated heterocycles. The molecule has 0 spiro atoms. The van der Waals surface area contributed by atoms with Gasteiger partial charge in [-0.05, 0) is 24.6 Å². The number of halogens is 1. The molecule has 0 aromatic heterocycles. The van der Waals surface area contributed by atoms with Crippen LogP contribution in [-0.4, -0.2) is 17.6 Å². The van der Waals surface area contributed by atoms with Gasteiger partial charge in [-0.15, -0.1) is 0 Å². The lowest BCUT2D eigenvalue weighted by molar-refractivity contribution is -0.121. The molecule has 0 radical (unpaired) electrons. The lowest BCUT2D eigenvalue weighted by atomic mass is 9.93. The molecular weight excluding hydrogens is 258 g/mol. The lowest BCUT2D eigenvalue weighted by Crippen LogP contribution is -2.45. The van der Waals surface area contributed by atoms with Crippen molar-refractivity contribution in [2.75, 3.05) is 6.61 Å². The van der Waals surface area contributed by atoms with Gasteiger partial charge >= 0.3 is 0 Å². The van der Waals surface area contributed by atoms with Crippen LogP contribution in [0.15, 0.2) is 28.7 Å². The molecule has 1 aromatic rings. The second-order valence-corrected chi connectivity index (χ2v) is 4.60. The molecule has 4 heteroatoms. The fourth-order valence-electron chi connectivity index (χ4n) is 1.42. The molecule has 82 valence electrons. The Labute approximate surface area is 97.6 Å². The number of carbonyl (C=O) groups is 1. The molecule has 1 unspecified atom stereocenters. The third kappa shape index (κ3) is 3.04. The highest BCUT2D eigenvalue weighted by atomic mass is 79.9. The molecule has 0 aliphatic rings. The van der Waals surface area contributed by atoms with E-state index >= 15 is 0 Å². The van der Waals surface area contributed by atoms with Crippen molar-refractivity contribution in [2.24, 2.45) is 0 Å². The highest BCUT2D eigenvalue weighted by Gasteiger charge is 2.26. The number of aliphatic hydroxyl groups excluding tert-OH is 1. The first-order valence-corrected chi connectivity index (χ1v) is 5.43. The molecule has 2 N–H and O–H groups in total. The molecule has 3 nitrogen and oxygen atoms in total. The Hall–Kier alpha value is -0.870. The Morgan fingerprint density at radius 2 is 2.27 bits per heavy atom. The Bertz CT molecular complexity index is 367. The Morgan fingerprint density at radius 1 is 1.60 bits per heavy atom. The summed E-state index contributed by atoms with van der Waals surface area (Å²) in [7, 11) is 0. The predicted octanol–water partition coefficient (Wildman–Crippen LogP) is 1.79. The molecule has 1 rings (SSSR count). The Kier molecular flexibility index (Phi) is 3.88. The van der Waals surface area contributed by atoms with Gasteiger partial charge in [0.2, 0.25) is 5.91 Å². The summed E-state index contributed by atoms with van der Waals surface area (Å²) in [5.41, 5.74) is 0.143. The van der Waals surface area contributed by atoms with Gasteiger partial charge < -0.3 is 10.4 Å². The van der Waals surface area contributed by atoms with Crippen LogP contribution < -0.4 is 5.32 Å². The fraction of sp³-hybridized carbons (Fsp3) is 0.364. The second-order valence-electron chi connectivity index (χ2n) is 3.68. The number of hydrogen-bond donors (Lipinski definition) is 2. The molecule has 0 saturated carbocycles. The molecule has 1 aromatic carbocycles. The number of rotatable bonds is 3. The normalized spacial score (nSPS) is 14.4. The highest BCUT2D eigenvalue weighted by Crippen LogP contribution is 2.23. The minimum atomic E-state index is -0.727. The number of amides is 1. The van der Waals surface area contributed by atoms with Gasteiger partial charge in [0.15, 0.2) is 0 Å². The number of hydrogen-bond acceptors (Lipinski definition) is 2. The van der Waals surface area contributed by atoms with Crippen molar-refractivity contribution in [1.29, 1.82) is 0 Å². The third-order valence-electron chi connectivity index (χ3n) is 2.23. The van der Waals surface area contributed by atoms with Crippen LogP contribution >= 0.6 is 15.9 Å². The molecule has 1 amide bonds. The summed E-state index contributed by atoms with van der Waals surface area (Å²) in [6.45, 7) is 3.09. The average molecular weight is 272 g/mol. The van der Waals surface area contributed by atoms with E-state index in [4.69, 9.17) is 0 Å². The van der Waals surface area contributed by atoms with Crippen LogP contribution in [0, 0.1) is 0 Å². The maximum atomic E-state index is 11.0.